The number of nitrogen functional groups attached to an aromatic ring is 1. The number of halogens is 2. The van der Waals surface area contributed by atoms with E-state index < -0.39 is 17.5 Å². The van der Waals surface area contributed by atoms with Crippen molar-refractivity contribution < 1.29 is 18.3 Å². The first-order chi connectivity index (χ1) is 7.90. The summed E-state index contributed by atoms with van der Waals surface area (Å²) in [6.45, 7) is 3.34. The lowest BCUT2D eigenvalue weighted by molar-refractivity contribution is -0.121. The van der Waals surface area contributed by atoms with Gasteiger partial charge in [0.25, 0.3) is 0 Å². The minimum absolute atomic E-state index is 0.108. The van der Waals surface area contributed by atoms with Crippen molar-refractivity contribution in [2.45, 2.75) is 20.0 Å². The lowest BCUT2D eigenvalue weighted by atomic mass is 10.2. The summed E-state index contributed by atoms with van der Waals surface area (Å²) in [7, 11) is 0. The van der Waals surface area contributed by atoms with Crippen molar-refractivity contribution in [1.82, 2.24) is 0 Å². The summed E-state index contributed by atoms with van der Waals surface area (Å²) < 4.78 is 31.1. The van der Waals surface area contributed by atoms with E-state index in [1.54, 1.807) is 13.8 Å². The number of hydrogen-bond acceptors (Lipinski definition) is 3. The van der Waals surface area contributed by atoms with Gasteiger partial charge in [0.05, 0.1) is 17.5 Å². The van der Waals surface area contributed by atoms with Gasteiger partial charge in [0.1, 0.15) is 18.2 Å². The highest BCUT2D eigenvalue weighted by atomic mass is 19.1. The van der Waals surface area contributed by atoms with E-state index in [-0.39, 0.29) is 24.1 Å². The first kappa shape index (κ1) is 13.4. The zero-order valence-corrected chi connectivity index (χ0v) is 9.59. The number of rotatable bonds is 4. The lowest BCUT2D eigenvalue weighted by Crippen LogP contribution is -2.21. The average Bonchev–Trinajstić information content (AvgIpc) is 2.23. The number of benzene rings is 1. The van der Waals surface area contributed by atoms with Crippen LogP contribution >= 0.6 is 0 Å². The molecule has 17 heavy (non-hydrogen) atoms. The monoisotopic (exact) mass is 244 g/mol. The van der Waals surface area contributed by atoms with Crippen LogP contribution in [0.25, 0.3) is 0 Å². The van der Waals surface area contributed by atoms with Gasteiger partial charge in [-0.3, -0.25) is 4.79 Å². The Balaban J connectivity index is 2.68. The third-order valence-electron chi connectivity index (χ3n) is 1.91. The maximum atomic E-state index is 13.2. The largest absolute Gasteiger partial charge is 0.396 e. The van der Waals surface area contributed by atoms with Crippen molar-refractivity contribution >= 4 is 17.3 Å². The van der Waals surface area contributed by atoms with Crippen LogP contribution in [0.1, 0.15) is 13.8 Å². The Labute approximate surface area is 97.8 Å². The number of amides is 1. The van der Waals surface area contributed by atoms with Gasteiger partial charge in [-0.25, -0.2) is 8.78 Å². The van der Waals surface area contributed by atoms with Gasteiger partial charge >= 0.3 is 0 Å². The highest BCUT2D eigenvalue weighted by Crippen LogP contribution is 2.20. The summed E-state index contributed by atoms with van der Waals surface area (Å²) in [5, 5.41) is 2.25. The number of nitrogens with two attached hydrogens (primary N) is 1. The molecule has 6 heteroatoms. The standard InChI is InChI=1S/C11H14F2N2O2/c1-6(2)17-5-11(16)15-10-4-9(14)7(12)3-8(10)13/h3-4,6H,5,14H2,1-2H3,(H,15,16). The molecule has 1 aromatic rings. The molecule has 0 aliphatic rings. The van der Waals surface area contributed by atoms with Gasteiger partial charge in [0.2, 0.25) is 5.91 Å². The third-order valence-corrected chi connectivity index (χ3v) is 1.91. The van der Waals surface area contributed by atoms with Crippen LogP contribution in [-0.2, 0) is 9.53 Å². The second kappa shape index (κ2) is 5.58. The van der Waals surface area contributed by atoms with E-state index in [1.165, 1.54) is 0 Å². The Bertz CT molecular complexity index is 422. The van der Waals surface area contributed by atoms with Crippen molar-refractivity contribution in [1.29, 1.82) is 0 Å². The SMILES string of the molecule is CC(C)OCC(=O)Nc1cc(N)c(F)cc1F. The molecule has 0 heterocycles. The van der Waals surface area contributed by atoms with Gasteiger partial charge in [0, 0.05) is 6.07 Å². The van der Waals surface area contributed by atoms with Crippen LogP contribution in [0.2, 0.25) is 0 Å². The highest BCUT2D eigenvalue weighted by molar-refractivity contribution is 5.92. The van der Waals surface area contributed by atoms with Crippen molar-refractivity contribution in [2.24, 2.45) is 0 Å². The fraction of sp³-hybridized carbons (Fsp3) is 0.364. The molecule has 1 amide bonds. The molecule has 1 aromatic carbocycles. The molecule has 94 valence electrons. The molecule has 4 nitrogen and oxygen atoms in total. The Morgan fingerprint density at radius 1 is 1.41 bits per heavy atom. The topological polar surface area (TPSA) is 64.3 Å². The number of carbonyl (C=O) groups excluding carboxylic acids is 1. The molecule has 1 rings (SSSR count). The summed E-state index contributed by atoms with van der Waals surface area (Å²) >= 11 is 0. The molecule has 0 aliphatic carbocycles. The summed E-state index contributed by atoms with van der Waals surface area (Å²) in [5.41, 5.74) is 4.87. The van der Waals surface area contributed by atoms with Gasteiger partial charge in [-0.15, -0.1) is 0 Å². The van der Waals surface area contributed by atoms with E-state index in [1.807, 2.05) is 0 Å². The minimum atomic E-state index is -0.880. The fourth-order valence-corrected chi connectivity index (χ4v) is 1.09. The summed E-state index contributed by atoms with van der Waals surface area (Å²) in [4.78, 5) is 11.3. The fourth-order valence-electron chi connectivity index (χ4n) is 1.09. The highest BCUT2D eigenvalue weighted by Gasteiger charge is 2.11. The Morgan fingerprint density at radius 3 is 2.65 bits per heavy atom. The quantitative estimate of drug-likeness (QED) is 0.795. The van der Waals surface area contributed by atoms with E-state index in [2.05, 4.69) is 5.32 Å². The van der Waals surface area contributed by atoms with Crippen LogP contribution < -0.4 is 11.1 Å². The third kappa shape index (κ3) is 3.99. The van der Waals surface area contributed by atoms with Crippen molar-refractivity contribution in [3.05, 3.63) is 23.8 Å². The Morgan fingerprint density at radius 2 is 2.06 bits per heavy atom. The zero-order chi connectivity index (χ0) is 13.0. The molecule has 0 bridgehead atoms. The van der Waals surface area contributed by atoms with Crippen LogP contribution in [0.15, 0.2) is 12.1 Å². The van der Waals surface area contributed by atoms with Crippen molar-refractivity contribution in [2.75, 3.05) is 17.7 Å². The Hall–Kier alpha value is -1.69. The number of ether oxygens (including phenoxy) is 1. The van der Waals surface area contributed by atoms with E-state index in [9.17, 15) is 13.6 Å². The van der Waals surface area contributed by atoms with E-state index in [4.69, 9.17) is 10.5 Å². The molecule has 0 unspecified atom stereocenters. The predicted molar refractivity (Wildman–Crippen MR) is 60.5 cm³/mol. The van der Waals surface area contributed by atoms with Gasteiger partial charge in [-0.1, -0.05) is 0 Å². The molecule has 0 aliphatic heterocycles. The molecule has 0 spiro atoms. The first-order valence-corrected chi connectivity index (χ1v) is 5.06. The van der Waals surface area contributed by atoms with Gasteiger partial charge in [0.15, 0.2) is 0 Å². The number of hydrogen-bond donors (Lipinski definition) is 2. The first-order valence-electron chi connectivity index (χ1n) is 5.06. The van der Waals surface area contributed by atoms with E-state index in [0.29, 0.717) is 6.07 Å². The summed E-state index contributed by atoms with van der Waals surface area (Å²) in [5.74, 6) is -2.27. The van der Waals surface area contributed by atoms with Crippen molar-refractivity contribution in [3.63, 3.8) is 0 Å². The van der Waals surface area contributed by atoms with Crippen LogP contribution in [-0.4, -0.2) is 18.6 Å². The zero-order valence-electron chi connectivity index (χ0n) is 9.59. The minimum Gasteiger partial charge on any atom is -0.396 e. The molecule has 0 aromatic heterocycles. The number of carbonyl (C=O) groups is 1. The molecular formula is C11H14F2N2O2. The molecule has 0 atom stereocenters. The maximum Gasteiger partial charge on any atom is 0.250 e. The molecule has 0 fully saturated rings. The van der Waals surface area contributed by atoms with E-state index in [0.717, 1.165) is 6.07 Å². The molecule has 0 radical (unpaired) electrons. The Kier molecular flexibility index (Phi) is 4.39. The molecule has 0 saturated carbocycles. The van der Waals surface area contributed by atoms with Gasteiger partial charge < -0.3 is 15.8 Å². The van der Waals surface area contributed by atoms with Crippen LogP contribution in [0.4, 0.5) is 20.2 Å². The summed E-state index contributed by atoms with van der Waals surface area (Å²) in [6.07, 6.45) is -0.108. The van der Waals surface area contributed by atoms with E-state index >= 15 is 0 Å². The van der Waals surface area contributed by atoms with Crippen molar-refractivity contribution in [3.8, 4) is 0 Å². The molecule has 3 N–H and O–H groups in total. The second-order valence-corrected chi connectivity index (χ2v) is 3.76. The number of nitrogens with one attached hydrogen (secondary N) is 1. The van der Waals surface area contributed by atoms with Gasteiger partial charge in [-0.05, 0) is 19.9 Å². The predicted octanol–water partition coefficient (Wildman–Crippen LogP) is 1.91. The van der Waals surface area contributed by atoms with Crippen LogP contribution in [0.3, 0.4) is 0 Å². The normalized spacial score (nSPS) is 10.6. The van der Waals surface area contributed by atoms with Crippen LogP contribution in [0.5, 0.6) is 0 Å². The van der Waals surface area contributed by atoms with Gasteiger partial charge in [-0.2, -0.15) is 0 Å². The second-order valence-electron chi connectivity index (χ2n) is 3.76. The average molecular weight is 244 g/mol. The smallest absolute Gasteiger partial charge is 0.250 e. The maximum absolute atomic E-state index is 13.2. The summed E-state index contributed by atoms with van der Waals surface area (Å²) in [6, 6.07) is 1.65. The molecule has 0 saturated heterocycles. The number of anilines is 2. The molecular weight excluding hydrogens is 230 g/mol. The van der Waals surface area contributed by atoms with Crippen LogP contribution in [0, 0.1) is 11.6 Å². The lowest BCUT2D eigenvalue weighted by Gasteiger charge is -2.09.